The second kappa shape index (κ2) is 15.8. The molecular weight excluding hydrogens is 797 g/mol. The Morgan fingerprint density at radius 2 is 0.712 bits per heavy atom. The van der Waals surface area contributed by atoms with Crippen molar-refractivity contribution in [3.63, 3.8) is 0 Å². The maximum absolute atomic E-state index is 2.46. The van der Waals surface area contributed by atoms with Gasteiger partial charge in [-0.3, -0.25) is 0 Å². The van der Waals surface area contributed by atoms with Crippen molar-refractivity contribution in [3.8, 4) is 33.4 Å². The van der Waals surface area contributed by atoms with E-state index >= 15 is 0 Å². The quantitative estimate of drug-likeness (QED) is 0.143. The standard InChI is InChI=1S/C64H48N2/c1-63(2)58-36-16-12-33-54(58)57-41-40-52(44-61(57)63)66(62-39-19-15-32-53(62)45-22-6-3-7-23-45)51-31-21-30-50(43-51)65(48-27-10-5-11-28-48)49-29-20-26-47(42-49)64(46-24-8-4-9-25-46)59-37-17-13-34-55(59)56-35-14-18-38-60(56)64/h3-44H,1-2H3. The van der Waals surface area contributed by atoms with E-state index in [1.54, 1.807) is 0 Å². The summed E-state index contributed by atoms with van der Waals surface area (Å²) in [6.45, 7) is 4.72. The van der Waals surface area contributed by atoms with Crippen molar-refractivity contribution in [1.82, 2.24) is 0 Å². The van der Waals surface area contributed by atoms with E-state index < -0.39 is 5.41 Å². The number of nitrogens with zero attached hydrogens (tertiary/aromatic N) is 2. The van der Waals surface area contributed by atoms with E-state index in [-0.39, 0.29) is 5.41 Å². The molecule has 0 atom stereocenters. The Morgan fingerprint density at radius 3 is 1.38 bits per heavy atom. The van der Waals surface area contributed by atoms with Crippen LogP contribution >= 0.6 is 0 Å². The fourth-order valence-corrected chi connectivity index (χ4v) is 11.2. The summed E-state index contributed by atoms with van der Waals surface area (Å²) in [6, 6.07) is 93.7. The number of benzene rings is 10. The van der Waals surface area contributed by atoms with Gasteiger partial charge in [0, 0.05) is 39.4 Å². The molecule has 2 aliphatic carbocycles. The van der Waals surface area contributed by atoms with Crippen molar-refractivity contribution in [2.75, 3.05) is 9.80 Å². The van der Waals surface area contributed by atoms with Crippen LogP contribution in [-0.4, -0.2) is 0 Å². The predicted octanol–water partition coefficient (Wildman–Crippen LogP) is 17.0. The molecular formula is C64H48N2. The van der Waals surface area contributed by atoms with E-state index in [9.17, 15) is 0 Å². The summed E-state index contributed by atoms with van der Waals surface area (Å²) >= 11 is 0. The van der Waals surface area contributed by atoms with Crippen molar-refractivity contribution in [2.24, 2.45) is 0 Å². The second-order valence-corrected chi connectivity index (χ2v) is 18.1. The highest BCUT2D eigenvalue weighted by Gasteiger charge is 2.46. The van der Waals surface area contributed by atoms with Gasteiger partial charge in [0.25, 0.3) is 0 Å². The minimum Gasteiger partial charge on any atom is -0.310 e. The number of hydrogen-bond acceptors (Lipinski definition) is 2. The predicted molar refractivity (Wildman–Crippen MR) is 276 cm³/mol. The van der Waals surface area contributed by atoms with Crippen LogP contribution in [0.1, 0.15) is 47.2 Å². The topological polar surface area (TPSA) is 6.48 Å². The number of anilines is 6. The number of para-hydroxylation sites is 2. The van der Waals surface area contributed by atoms with Crippen LogP contribution in [0.4, 0.5) is 34.1 Å². The maximum atomic E-state index is 2.46. The summed E-state index contributed by atoms with van der Waals surface area (Å²) in [5.41, 5.74) is 21.2. The number of rotatable bonds is 9. The van der Waals surface area contributed by atoms with Crippen LogP contribution in [0, 0.1) is 0 Å². The lowest BCUT2D eigenvalue weighted by Crippen LogP contribution is -2.28. The van der Waals surface area contributed by atoms with Gasteiger partial charge < -0.3 is 9.80 Å². The largest absolute Gasteiger partial charge is 0.310 e. The SMILES string of the molecule is CC1(C)c2ccccc2-c2ccc(N(c3cccc(N(c4ccccc4)c4cccc(C5(c6ccccc6)c6ccccc6-c6ccccc65)c4)c3)c3ccccc3-c3ccccc3)cc21. The molecule has 0 aromatic heterocycles. The van der Waals surface area contributed by atoms with Gasteiger partial charge in [-0.1, -0.05) is 208 Å². The van der Waals surface area contributed by atoms with Crippen LogP contribution in [0.15, 0.2) is 255 Å². The molecule has 0 radical (unpaired) electrons. The highest BCUT2D eigenvalue weighted by molar-refractivity contribution is 5.92. The molecule has 0 N–H and O–H groups in total. The van der Waals surface area contributed by atoms with Gasteiger partial charge >= 0.3 is 0 Å². The zero-order valence-corrected chi connectivity index (χ0v) is 37.1. The highest BCUT2D eigenvalue weighted by Crippen LogP contribution is 2.57. The monoisotopic (exact) mass is 844 g/mol. The Hall–Kier alpha value is -8.20. The minimum absolute atomic E-state index is 0.152. The molecule has 0 spiro atoms. The average molecular weight is 845 g/mol. The van der Waals surface area contributed by atoms with Crippen LogP contribution in [-0.2, 0) is 10.8 Å². The third-order valence-corrected chi connectivity index (χ3v) is 14.1. The van der Waals surface area contributed by atoms with Crippen LogP contribution < -0.4 is 9.80 Å². The summed E-state index contributed by atoms with van der Waals surface area (Å²) < 4.78 is 0. The molecule has 2 heteroatoms. The molecule has 314 valence electrons. The van der Waals surface area contributed by atoms with Crippen molar-refractivity contribution in [1.29, 1.82) is 0 Å². The second-order valence-electron chi connectivity index (χ2n) is 18.1. The van der Waals surface area contributed by atoms with Gasteiger partial charge in [0.05, 0.1) is 11.1 Å². The van der Waals surface area contributed by atoms with E-state index in [2.05, 4.69) is 278 Å². The Morgan fingerprint density at radius 1 is 0.273 bits per heavy atom. The Kier molecular flexibility index (Phi) is 9.43. The Labute approximate surface area is 388 Å². The number of hydrogen-bond donors (Lipinski definition) is 0. The van der Waals surface area contributed by atoms with Crippen LogP contribution in [0.3, 0.4) is 0 Å². The van der Waals surface area contributed by atoms with Crippen molar-refractivity contribution in [2.45, 2.75) is 24.7 Å². The molecule has 0 aliphatic heterocycles. The van der Waals surface area contributed by atoms with Crippen molar-refractivity contribution in [3.05, 3.63) is 288 Å². The zero-order chi connectivity index (χ0) is 44.2. The number of fused-ring (bicyclic) bond motifs is 6. The summed E-state index contributed by atoms with van der Waals surface area (Å²) in [4.78, 5) is 4.88. The molecule has 0 fully saturated rings. The van der Waals surface area contributed by atoms with Gasteiger partial charge in [0.2, 0.25) is 0 Å². The van der Waals surface area contributed by atoms with Crippen molar-refractivity contribution < 1.29 is 0 Å². The molecule has 10 aromatic rings. The summed E-state index contributed by atoms with van der Waals surface area (Å²) in [6.07, 6.45) is 0. The van der Waals surface area contributed by atoms with E-state index in [0.717, 1.165) is 34.1 Å². The highest BCUT2D eigenvalue weighted by atomic mass is 15.2. The van der Waals surface area contributed by atoms with E-state index in [0.29, 0.717) is 0 Å². The normalized spacial score (nSPS) is 13.5. The molecule has 0 saturated heterocycles. The first-order chi connectivity index (χ1) is 32.5. The van der Waals surface area contributed by atoms with E-state index in [1.165, 1.54) is 66.8 Å². The van der Waals surface area contributed by atoms with Gasteiger partial charge in [-0.2, -0.15) is 0 Å². The van der Waals surface area contributed by atoms with Crippen LogP contribution in [0.2, 0.25) is 0 Å². The van der Waals surface area contributed by atoms with Crippen molar-refractivity contribution >= 4 is 34.1 Å². The third kappa shape index (κ3) is 6.17. The first-order valence-electron chi connectivity index (χ1n) is 23.0. The lowest BCUT2D eigenvalue weighted by Gasteiger charge is -2.35. The summed E-state index contributed by atoms with van der Waals surface area (Å²) in [5.74, 6) is 0. The minimum atomic E-state index is -0.520. The van der Waals surface area contributed by atoms with Gasteiger partial charge in [-0.15, -0.1) is 0 Å². The van der Waals surface area contributed by atoms with Crippen LogP contribution in [0.25, 0.3) is 33.4 Å². The van der Waals surface area contributed by atoms with E-state index in [1.807, 2.05) is 0 Å². The molecule has 0 unspecified atom stereocenters. The first-order valence-corrected chi connectivity index (χ1v) is 23.0. The summed E-state index contributed by atoms with van der Waals surface area (Å²) in [7, 11) is 0. The van der Waals surface area contributed by atoms with Gasteiger partial charge in [0.1, 0.15) is 0 Å². The van der Waals surface area contributed by atoms with Crippen LogP contribution in [0.5, 0.6) is 0 Å². The molecule has 0 bridgehead atoms. The first kappa shape index (κ1) is 39.4. The van der Waals surface area contributed by atoms with Gasteiger partial charge in [-0.05, 0) is 122 Å². The molecule has 0 saturated carbocycles. The third-order valence-electron chi connectivity index (χ3n) is 14.1. The summed E-state index contributed by atoms with van der Waals surface area (Å²) in [5, 5.41) is 0. The molecule has 0 heterocycles. The molecule has 66 heavy (non-hydrogen) atoms. The molecule has 10 aromatic carbocycles. The maximum Gasteiger partial charge on any atom is 0.0714 e. The average Bonchev–Trinajstić information content (AvgIpc) is 3.81. The smallest absolute Gasteiger partial charge is 0.0714 e. The molecule has 12 rings (SSSR count). The lowest BCUT2D eigenvalue weighted by atomic mass is 9.67. The molecule has 2 aliphatic rings. The fraction of sp³-hybridized carbons (Fsp3) is 0.0625. The lowest BCUT2D eigenvalue weighted by molar-refractivity contribution is 0.660. The molecule has 0 amide bonds. The Balaban J connectivity index is 1.06. The fourth-order valence-electron chi connectivity index (χ4n) is 11.2. The van der Waals surface area contributed by atoms with E-state index in [4.69, 9.17) is 0 Å². The molecule has 2 nitrogen and oxygen atoms in total. The van der Waals surface area contributed by atoms with Gasteiger partial charge in [-0.25, -0.2) is 0 Å². The zero-order valence-electron chi connectivity index (χ0n) is 37.1. The van der Waals surface area contributed by atoms with Gasteiger partial charge in [0.15, 0.2) is 0 Å². The Bertz CT molecular complexity index is 3360.